The summed E-state index contributed by atoms with van der Waals surface area (Å²) in [6.45, 7) is 6.58. The maximum absolute atomic E-state index is 11.0. The molecule has 2 aromatic rings. The number of piperidine rings is 1. The molecule has 1 aromatic heterocycles. The van der Waals surface area contributed by atoms with Crippen LogP contribution in [0.15, 0.2) is 24.3 Å². The van der Waals surface area contributed by atoms with Crippen LogP contribution in [0.5, 0.6) is 5.75 Å². The highest BCUT2D eigenvalue weighted by atomic mass is 35.5. The number of nitrogens with one attached hydrogen (secondary N) is 1. The monoisotopic (exact) mass is 338 g/mol. The molecule has 126 valence electrons. The number of nitrogens with zero attached hydrogens (tertiary/aromatic N) is 1. The van der Waals surface area contributed by atoms with Crippen LogP contribution in [0.2, 0.25) is 0 Å². The lowest BCUT2D eigenvalue weighted by Gasteiger charge is -2.34. The lowest BCUT2D eigenvalue weighted by atomic mass is 10.1. The van der Waals surface area contributed by atoms with Crippen molar-refractivity contribution in [3.63, 3.8) is 0 Å². The molecule has 2 heterocycles. The second-order valence-electron chi connectivity index (χ2n) is 6.18. The van der Waals surface area contributed by atoms with Gasteiger partial charge in [0.2, 0.25) is 0 Å². The first-order valence-electron chi connectivity index (χ1n) is 7.79. The summed E-state index contributed by atoms with van der Waals surface area (Å²) in [6, 6.07) is 7.92. The van der Waals surface area contributed by atoms with Crippen LogP contribution >= 0.6 is 12.4 Å². The number of carboxylic acid groups (broad SMARTS) is 1. The van der Waals surface area contributed by atoms with E-state index in [1.54, 1.807) is 6.07 Å². The van der Waals surface area contributed by atoms with Gasteiger partial charge in [-0.3, -0.25) is 0 Å². The predicted octanol–water partition coefficient (Wildman–Crippen LogP) is 3.54. The molecule has 0 atom stereocenters. The number of aromatic amines is 1. The molecule has 1 fully saturated rings. The Bertz CT molecular complexity index is 676. The lowest BCUT2D eigenvalue weighted by molar-refractivity contribution is 0.0691. The van der Waals surface area contributed by atoms with Crippen molar-refractivity contribution in [2.45, 2.75) is 38.8 Å². The molecule has 1 aliphatic rings. The van der Waals surface area contributed by atoms with Crippen LogP contribution in [0, 0.1) is 0 Å². The minimum absolute atomic E-state index is 0. The molecule has 6 heteroatoms. The average Bonchev–Trinajstić information content (AvgIpc) is 2.91. The summed E-state index contributed by atoms with van der Waals surface area (Å²) in [7, 11) is 0. The van der Waals surface area contributed by atoms with Gasteiger partial charge in [-0.05, 0) is 51.0 Å². The van der Waals surface area contributed by atoms with E-state index in [1.807, 2.05) is 18.2 Å². The second kappa shape index (κ2) is 7.23. The Hall–Kier alpha value is -1.72. The van der Waals surface area contributed by atoms with E-state index in [1.165, 1.54) is 0 Å². The van der Waals surface area contributed by atoms with Gasteiger partial charge in [0.1, 0.15) is 17.5 Å². The fraction of sp³-hybridized carbons (Fsp3) is 0.471. The van der Waals surface area contributed by atoms with E-state index in [2.05, 4.69) is 23.7 Å². The zero-order chi connectivity index (χ0) is 15.7. The van der Waals surface area contributed by atoms with Gasteiger partial charge in [0, 0.05) is 30.0 Å². The van der Waals surface area contributed by atoms with E-state index in [-0.39, 0.29) is 24.2 Å². The molecular formula is C17H23ClN2O3. The summed E-state index contributed by atoms with van der Waals surface area (Å²) in [4.78, 5) is 16.3. The molecule has 0 aliphatic carbocycles. The predicted molar refractivity (Wildman–Crippen MR) is 92.9 cm³/mol. The Morgan fingerprint density at radius 1 is 1.30 bits per heavy atom. The Balaban J connectivity index is 0.00000192. The highest BCUT2D eigenvalue weighted by Crippen LogP contribution is 2.25. The highest BCUT2D eigenvalue weighted by Gasteiger charge is 2.22. The average molecular weight is 339 g/mol. The van der Waals surface area contributed by atoms with Crippen LogP contribution < -0.4 is 4.74 Å². The van der Waals surface area contributed by atoms with E-state index in [0.717, 1.165) is 42.6 Å². The number of hydrogen-bond acceptors (Lipinski definition) is 3. The molecule has 23 heavy (non-hydrogen) atoms. The summed E-state index contributed by atoms with van der Waals surface area (Å²) in [5.74, 6) is -0.133. The number of hydrogen-bond donors (Lipinski definition) is 2. The van der Waals surface area contributed by atoms with Gasteiger partial charge < -0.3 is 19.7 Å². The van der Waals surface area contributed by atoms with Crippen molar-refractivity contribution in [2.75, 3.05) is 13.1 Å². The zero-order valence-electron chi connectivity index (χ0n) is 13.4. The van der Waals surface area contributed by atoms with Crippen molar-refractivity contribution >= 4 is 29.3 Å². The van der Waals surface area contributed by atoms with Crippen molar-refractivity contribution < 1.29 is 14.6 Å². The third-order valence-corrected chi connectivity index (χ3v) is 4.33. The third kappa shape index (κ3) is 3.98. The van der Waals surface area contributed by atoms with E-state index >= 15 is 0 Å². The molecule has 1 aromatic carbocycles. The number of H-pyrrole nitrogens is 1. The van der Waals surface area contributed by atoms with Gasteiger partial charge in [0.15, 0.2) is 0 Å². The van der Waals surface area contributed by atoms with E-state index in [9.17, 15) is 4.79 Å². The molecule has 3 rings (SSSR count). The number of benzene rings is 1. The molecule has 0 bridgehead atoms. The third-order valence-electron chi connectivity index (χ3n) is 4.33. The van der Waals surface area contributed by atoms with E-state index < -0.39 is 5.97 Å². The van der Waals surface area contributed by atoms with Crippen molar-refractivity contribution in [2.24, 2.45) is 0 Å². The number of likely N-dealkylation sites (tertiary alicyclic amines) is 1. The number of ether oxygens (including phenoxy) is 1. The Morgan fingerprint density at radius 2 is 2.00 bits per heavy atom. The maximum Gasteiger partial charge on any atom is 0.352 e. The van der Waals surface area contributed by atoms with E-state index in [0.29, 0.717) is 6.04 Å². The number of halogens is 1. The molecule has 5 nitrogen and oxygen atoms in total. The molecule has 0 amide bonds. The first-order valence-corrected chi connectivity index (χ1v) is 7.79. The summed E-state index contributed by atoms with van der Waals surface area (Å²) < 4.78 is 6.07. The summed E-state index contributed by atoms with van der Waals surface area (Å²) in [6.07, 6.45) is 2.30. The fourth-order valence-electron chi connectivity index (χ4n) is 3.00. The molecular weight excluding hydrogens is 316 g/mol. The van der Waals surface area contributed by atoms with Crippen LogP contribution in [0.3, 0.4) is 0 Å². The maximum atomic E-state index is 11.0. The SMILES string of the molecule is CC(C)N1CCC(Oc2ccc3[nH]c(C(=O)O)cc3c2)CC1.Cl. The quantitative estimate of drug-likeness (QED) is 0.895. The van der Waals surface area contributed by atoms with Crippen molar-refractivity contribution in [1.29, 1.82) is 0 Å². The number of rotatable bonds is 4. The lowest BCUT2D eigenvalue weighted by Crippen LogP contribution is -2.41. The van der Waals surface area contributed by atoms with Gasteiger partial charge in [-0.1, -0.05) is 0 Å². The van der Waals surface area contributed by atoms with E-state index in [4.69, 9.17) is 9.84 Å². The van der Waals surface area contributed by atoms with Crippen molar-refractivity contribution in [1.82, 2.24) is 9.88 Å². The van der Waals surface area contributed by atoms with Gasteiger partial charge in [-0.25, -0.2) is 4.79 Å². The molecule has 2 N–H and O–H groups in total. The Kier molecular flexibility index (Phi) is 5.55. The van der Waals surface area contributed by atoms with Crippen LogP contribution in [0.1, 0.15) is 37.2 Å². The second-order valence-corrected chi connectivity index (χ2v) is 6.18. The Labute approximate surface area is 142 Å². The fourth-order valence-corrected chi connectivity index (χ4v) is 3.00. The van der Waals surface area contributed by atoms with Crippen molar-refractivity contribution in [3.05, 3.63) is 30.0 Å². The largest absolute Gasteiger partial charge is 0.490 e. The number of aromatic nitrogens is 1. The highest BCUT2D eigenvalue weighted by molar-refractivity contribution is 5.94. The zero-order valence-corrected chi connectivity index (χ0v) is 14.2. The molecule has 0 radical (unpaired) electrons. The van der Waals surface area contributed by atoms with Gasteiger partial charge in [-0.15, -0.1) is 12.4 Å². The van der Waals surface area contributed by atoms with Crippen LogP contribution in [-0.4, -0.2) is 46.2 Å². The summed E-state index contributed by atoms with van der Waals surface area (Å²) >= 11 is 0. The minimum Gasteiger partial charge on any atom is -0.490 e. The summed E-state index contributed by atoms with van der Waals surface area (Å²) in [5.41, 5.74) is 1.02. The minimum atomic E-state index is -0.945. The molecule has 1 aliphatic heterocycles. The normalized spacial score (nSPS) is 16.5. The summed E-state index contributed by atoms with van der Waals surface area (Å²) in [5, 5.41) is 9.89. The van der Waals surface area contributed by atoms with Crippen LogP contribution in [-0.2, 0) is 0 Å². The first-order chi connectivity index (χ1) is 10.5. The van der Waals surface area contributed by atoms with Crippen LogP contribution in [0.4, 0.5) is 0 Å². The first kappa shape index (κ1) is 17.6. The number of carboxylic acids is 1. The number of carbonyl (C=O) groups is 1. The molecule has 0 spiro atoms. The molecule has 0 saturated carbocycles. The van der Waals surface area contributed by atoms with Gasteiger partial charge >= 0.3 is 5.97 Å². The number of fused-ring (bicyclic) bond motifs is 1. The van der Waals surface area contributed by atoms with Crippen molar-refractivity contribution in [3.8, 4) is 5.75 Å². The van der Waals surface area contributed by atoms with Gasteiger partial charge in [0.05, 0.1) is 0 Å². The Morgan fingerprint density at radius 3 is 2.61 bits per heavy atom. The standard InChI is InChI=1S/C17H22N2O3.ClH/c1-11(2)19-7-5-13(6-8-19)22-14-3-4-15-12(9-14)10-16(18-15)17(20)21;/h3-4,9-11,13,18H,5-8H2,1-2H3,(H,20,21);1H. The smallest absolute Gasteiger partial charge is 0.352 e. The molecule has 1 saturated heterocycles. The molecule has 0 unspecified atom stereocenters. The van der Waals surface area contributed by atoms with Crippen LogP contribution in [0.25, 0.3) is 10.9 Å². The number of aromatic carboxylic acids is 1. The topological polar surface area (TPSA) is 65.6 Å². The van der Waals surface area contributed by atoms with Gasteiger partial charge in [0.25, 0.3) is 0 Å². The van der Waals surface area contributed by atoms with Gasteiger partial charge in [-0.2, -0.15) is 0 Å².